The monoisotopic (exact) mass is 209 g/mol. The van der Waals surface area contributed by atoms with Gasteiger partial charge in [0, 0.05) is 0 Å². The average molecular weight is 209 g/mol. The maximum absolute atomic E-state index is 11.2. The summed E-state index contributed by atoms with van der Waals surface area (Å²) in [6, 6.07) is -0.477. The van der Waals surface area contributed by atoms with E-state index in [0.29, 0.717) is 5.92 Å². The molecule has 0 amide bonds. The van der Waals surface area contributed by atoms with Crippen LogP contribution >= 0.6 is 0 Å². The first-order chi connectivity index (χ1) is 7.07. The minimum Gasteiger partial charge on any atom is -0.480 e. The molecule has 1 aliphatic rings. The summed E-state index contributed by atoms with van der Waals surface area (Å²) in [7, 11) is 1.85. The first-order valence-electron chi connectivity index (χ1n) is 5.37. The highest BCUT2D eigenvalue weighted by Gasteiger charge is 2.29. The molecule has 0 aromatic carbocycles. The number of aliphatic carboxylic acids is 1. The molecule has 0 aromatic rings. The molecule has 0 heterocycles. The van der Waals surface area contributed by atoms with Crippen molar-refractivity contribution in [1.29, 1.82) is 0 Å². The number of carbonyl (C=O) groups is 1. The zero-order chi connectivity index (χ0) is 11.4. The van der Waals surface area contributed by atoms with Crippen molar-refractivity contribution in [2.24, 2.45) is 5.92 Å². The molecular formula is C12H19NO2. The molecule has 1 N–H and O–H groups in total. The Kier molecular flexibility index (Phi) is 4.09. The van der Waals surface area contributed by atoms with Gasteiger partial charge in [-0.1, -0.05) is 32.1 Å². The van der Waals surface area contributed by atoms with Gasteiger partial charge in [-0.25, -0.2) is 0 Å². The van der Waals surface area contributed by atoms with E-state index in [1.807, 2.05) is 31.0 Å². The number of hydrogen-bond donors (Lipinski definition) is 1. The van der Waals surface area contributed by atoms with E-state index >= 15 is 0 Å². The molecule has 0 aromatic heterocycles. The Morgan fingerprint density at radius 2 is 2.40 bits per heavy atom. The fourth-order valence-corrected chi connectivity index (χ4v) is 1.89. The molecule has 0 spiro atoms. The third-order valence-corrected chi connectivity index (χ3v) is 2.97. The van der Waals surface area contributed by atoms with Crippen LogP contribution < -0.4 is 0 Å². The molecule has 1 unspecified atom stereocenters. The van der Waals surface area contributed by atoms with Crippen LogP contribution in [-0.2, 0) is 4.79 Å². The summed E-state index contributed by atoms with van der Waals surface area (Å²) in [4.78, 5) is 13.1. The second-order valence-corrected chi connectivity index (χ2v) is 4.05. The van der Waals surface area contributed by atoms with Gasteiger partial charge in [-0.2, -0.15) is 0 Å². The molecule has 1 rings (SSSR count). The Morgan fingerprint density at radius 3 is 2.87 bits per heavy atom. The minimum absolute atomic E-state index is 0.324. The van der Waals surface area contributed by atoms with Crippen LogP contribution in [-0.4, -0.2) is 35.6 Å². The van der Waals surface area contributed by atoms with Crippen molar-refractivity contribution in [2.75, 3.05) is 13.6 Å². The molecule has 3 heteroatoms. The molecule has 15 heavy (non-hydrogen) atoms. The second-order valence-electron chi connectivity index (χ2n) is 4.05. The molecule has 0 aliphatic heterocycles. The van der Waals surface area contributed by atoms with Gasteiger partial charge in [-0.3, -0.25) is 9.69 Å². The van der Waals surface area contributed by atoms with Gasteiger partial charge in [0.2, 0.25) is 0 Å². The Morgan fingerprint density at radius 1 is 1.73 bits per heavy atom. The summed E-state index contributed by atoms with van der Waals surface area (Å²) >= 11 is 0. The van der Waals surface area contributed by atoms with Gasteiger partial charge in [0.25, 0.3) is 0 Å². The summed E-state index contributed by atoms with van der Waals surface area (Å²) in [5.41, 5.74) is 1.01. The van der Waals surface area contributed by atoms with Crippen LogP contribution in [0.25, 0.3) is 0 Å². The maximum atomic E-state index is 11.2. The van der Waals surface area contributed by atoms with Crippen LogP contribution in [0.15, 0.2) is 23.8 Å². The number of hydrogen-bond acceptors (Lipinski definition) is 2. The second kappa shape index (κ2) is 5.12. The number of likely N-dealkylation sites (N-methyl/N-ethyl adjacent to an activating group) is 1. The van der Waals surface area contributed by atoms with Gasteiger partial charge in [0.15, 0.2) is 0 Å². The molecule has 0 radical (unpaired) electrons. The van der Waals surface area contributed by atoms with Gasteiger partial charge in [0.1, 0.15) is 6.04 Å². The van der Waals surface area contributed by atoms with Crippen LogP contribution in [0, 0.1) is 5.92 Å². The lowest BCUT2D eigenvalue weighted by molar-refractivity contribution is -0.141. The van der Waals surface area contributed by atoms with E-state index in [4.69, 9.17) is 0 Å². The van der Waals surface area contributed by atoms with Crippen LogP contribution in [0.2, 0.25) is 0 Å². The number of nitrogens with zero attached hydrogens (tertiary/aromatic N) is 1. The number of allylic oxidation sites excluding steroid dienone is 3. The molecular weight excluding hydrogens is 190 g/mol. The molecule has 1 aliphatic carbocycles. The van der Waals surface area contributed by atoms with Gasteiger partial charge >= 0.3 is 5.97 Å². The van der Waals surface area contributed by atoms with Crippen molar-refractivity contribution in [3.8, 4) is 0 Å². The third kappa shape index (κ3) is 2.69. The zero-order valence-corrected chi connectivity index (χ0v) is 9.60. The highest BCUT2D eigenvalue weighted by atomic mass is 16.4. The number of carboxylic acids is 1. The fraction of sp³-hybridized carbons (Fsp3) is 0.583. The van der Waals surface area contributed by atoms with Gasteiger partial charge in [-0.05, 0) is 31.5 Å². The highest BCUT2D eigenvalue weighted by molar-refractivity contribution is 5.77. The van der Waals surface area contributed by atoms with Crippen LogP contribution in [0.4, 0.5) is 0 Å². The molecule has 0 saturated carbocycles. The Labute approximate surface area is 91.1 Å². The van der Waals surface area contributed by atoms with E-state index in [-0.39, 0.29) is 0 Å². The van der Waals surface area contributed by atoms with Gasteiger partial charge in [-0.15, -0.1) is 0 Å². The highest BCUT2D eigenvalue weighted by Crippen LogP contribution is 2.25. The van der Waals surface area contributed by atoms with E-state index in [0.717, 1.165) is 18.5 Å². The van der Waals surface area contributed by atoms with E-state index in [1.165, 1.54) is 0 Å². The predicted octanol–water partition coefficient (Wildman–Crippen LogP) is 1.91. The Balaban J connectivity index is 2.93. The lowest BCUT2D eigenvalue weighted by Crippen LogP contribution is -2.41. The lowest BCUT2D eigenvalue weighted by Gasteiger charge is -2.29. The van der Waals surface area contributed by atoms with E-state index in [9.17, 15) is 9.90 Å². The Bertz CT molecular complexity index is 294. The molecule has 0 saturated heterocycles. The van der Waals surface area contributed by atoms with Gasteiger partial charge in [0.05, 0.1) is 0 Å². The molecule has 0 bridgehead atoms. The molecule has 2 atom stereocenters. The van der Waals surface area contributed by atoms with Crippen LogP contribution in [0.1, 0.15) is 20.3 Å². The van der Waals surface area contributed by atoms with Crippen molar-refractivity contribution in [3.63, 3.8) is 0 Å². The smallest absolute Gasteiger partial charge is 0.325 e. The SMILES string of the molecule is CCN(C)[C@@H](C(=O)O)C1=CC=CCC1C. The quantitative estimate of drug-likeness (QED) is 0.769. The minimum atomic E-state index is -0.757. The van der Waals surface area contributed by atoms with Crippen molar-refractivity contribution >= 4 is 5.97 Å². The van der Waals surface area contributed by atoms with E-state index < -0.39 is 12.0 Å². The van der Waals surface area contributed by atoms with Crippen LogP contribution in [0.5, 0.6) is 0 Å². The summed E-state index contributed by atoms with van der Waals surface area (Å²) < 4.78 is 0. The van der Waals surface area contributed by atoms with E-state index in [2.05, 4.69) is 13.0 Å². The number of rotatable bonds is 4. The van der Waals surface area contributed by atoms with Crippen molar-refractivity contribution in [1.82, 2.24) is 4.90 Å². The molecule has 0 fully saturated rings. The van der Waals surface area contributed by atoms with Gasteiger partial charge < -0.3 is 5.11 Å². The first kappa shape index (κ1) is 12.0. The summed E-state index contributed by atoms with van der Waals surface area (Å²) in [6.07, 6.45) is 6.92. The average Bonchev–Trinajstić information content (AvgIpc) is 2.20. The molecule has 84 valence electrons. The van der Waals surface area contributed by atoms with Crippen molar-refractivity contribution in [3.05, 3.63) is 23.8 Å². The largest absolute Gasteiger partial charge is 0.480 e. The van der Waals surface area contributed by atoms with Crippen LogP contribution in [0.3, 0.4) is 0 Å². The summed E-state index contributed by atoms with van der Waals surface area (Å²) in [5, 5.41) is 9.24. The van der Waals surface area contributed by atoms with Crippen molar-refractivity contribution in [2.45, 2.75) is 26.3 Å². The first-order valence-corrected chi connectivity index (χ1v) is 5.37. The standard InChI is InChI=1S/C12H19NO2/c1-4-13(3)11(12(14)15)10-8-6-5-7-9(10)2/h5-6,8-9,11H,4,7H2,1-3H3,(H,14,15)/t9?,11-/m1/s1. The van der Waals surface area contributed by atoms with E-state index in [1.54, 1.807) is 0 Å². The zero-order valence-electron chi connectivity index (χ0n) is 9.60. The lowest BCUT2D eigenvalue weighted by atomic mass is 9.87. The predicted molar refractivity (Wildman–Crippen MR) is 60.7 cm³/mol. The maximum Gasteiger partial charge on any atom is 0.325 e. The topological polar surface area (TPSA) is 40.5 Å². The number of carboxylic acid groups (broad SMARTS) is 1. The normalized spacial score (nSPS) is 22.7. The van der Waals surface area contributed by atoms with Crippen molar-refractivity contribution < 1.29 is 9.90 Å². The fourth-order valence-electron chi connectivity index (χ4n) is 1.89. The third-order valence-electron chi connectivity index (χ3n) is 2.97. The summed E-state index contributed by atoms with van der Waals surface area (Å²) in [5.74, 6) is -0.433. The summed E-state index contributed by atoms with van der Waals surface area (Å²) in [6.45, 7) is 4.79. The Hall–Kier alpha value is -1.09. The molecule has 3 nitrogen and oxygen atoms in total.